The van der Waals surface area contributed by atoms with Gasteiger partial charge >= 0.3 is 0 Å². The predicted molar refractivity (Wildman–Crippen MR) is 71.3 cm³/mol. The van der Waals surface area contributed by atoms with Gasteiger partial charge < -0.3 is 0 Å². The van der Waals surface area contributed by atoms with E-state index in [-0.39, 0.29) is 9.52 Å². The quantitative estimate of drug-likeness (QED) is 0.549. The second-order valence-corrected chi connectivity index (χ2v) is 5.10. The van der Waals surface area contributed by atoms with Crippen molar-refractivity contribution >= 4 is 14.7 Å². The zero-order valence-corrected chi connectivity index (χ0v) is 10.2. The lowest BCUT2D eigenvalue weighted by Crippen LogP contribution is -2.16. The molecule has 2 aromatic carbocycles. The van der Waals surface area contributed by atoms with E-state index in [1.165, 1.54) is 10.8 Å². The summed E-state index contributed by atoms with van der Waals surface area (Å²) in [5.41, 5.74) is 2.33. The first-order valence-electron chi connectivity index (χ1n) is 5.33. The molecule has 2 rings (SSSR count). The van der Waals surface area contributed by atoms with Crippen molar-refractivity contribution in [2.45, 2.75) is 6.04 Å². The van der Waals surface area contributed by atoms with Crippen LogP contribution in [0.2, 0.25) is 0 Å². The standard InChI is InChI=1S/C15H13Si/c1-2-13-8-6-7-9-14(13)12-16-15-10-4-3-5-11-15/h1,3-11,16H,12H2. The van der Waals surface area contributed by atoms with Crippen molar-refractivity contribution in [1.29, 1.82) is 0 Å². The minimum atomic E-state index is 0.275. The molecule has 1 radical (unpaired) electrons. The van der Waals surface area contributed by atoms with Gasteiger partial charge in [0.2, 0.25) is 0 Å². The van der Waals surface area contributed by atoms with E-state index in [9.17, 15) is 0 Å². The van der Waals surface area contributed by atoms with Crippen LogP contribution >= 0.6 is 0 Å². The maximum absolute atomic E-state index is 5.48. The van der Waals surface area contributed by atoms with Crippen LogP contribution in [0.25, 0.3) is 0 Å². The lowest BCUT2D eigenvalue weighted by atomic mass is 10.1. The Morgan fingerprint density at radius 2 is 1.62 bits per heavy atom. The molecule has 0 spiro atoms. The fourth-order valence-corrected chi connectivity index (χ4v) is 2.96. The summed E-state index contributed by atoms with van der Waals surface area (Å²) in [6.07, 6.45) is 5.48. The Bertz CT molecular complexity index is 494. The Balaban J connectivity index is 2.09. The van der Waals surface area contributed by atoms with Gasteiger partial charge in [-0.3, -0.25) is 0 Å². The fraction of sp³-hybridized carbons (Fsp3) is 0.0667. The van der Waals surface area contributed by atoms with E-state index in [1.54, 1.807) is 0 Å². The molecule has 0 aliphatic heterocycles. The molecule has 0 atom stereocenters. The van der Waals surface area contributed by atoms with Crippen molar-refractivity contribution < 1.29 is 0 Å². The predicted octanol–water partition coefficient (Wildman–Crippen LogP) is 1.93. The van der Waals surface area contributed by atoms with Crippen LogP contribution in [-0.2, 0) is 6.04 Å². The first-order chi connectivity index (χ1) is 7.90. The highest BCUT2D eigenvalue weighted by molar-refractivity contribution is 6.52. The number of rotatable bonds is 3. The summed E-state index contributed by atoms with van der Waals surface area (Å²) in [5, 5.41) is 1.44. The van der Waals surface area contributed by atoms with Crippen LogP contribution in [0.4, 0.5) is 0 Å². The Labute approximate surface area is 99.2 Å². The third-order valence-electron chi connectivity index (χ3n) is 2.53. The lowest BCUT2D eigenvalue weighted by molar-refractivity contribution is 1.36. The van der Waals surface area contributed by atoms with Crippen molar-refractivity contribution in [3.63, 3.8) is 0 Å². The van der Waals surface area contributed by atoms with Crippen LogP contribution in [0, 0.1) is 12.3 Å². The number of benzene rings is 2. The van der Waals surface area contributed by atoms with E-state index in [4.69, 9.17) is 6.42 Å². The Morgan fingerprint density at radius 3 is 2.38 bits per heavy atom. The van der Waals surface area contributed by atoms with E-state index in [0.29, 0.717) is 0 Å². The zero-order chi connectivity index (χ0) is 11.2. The van der Waals surface area contributed by atoms with E-state index in [2.05, 4.69) is 48.4 Å². The van der Waals surface area contributed by atoms with Crippen LogP contribution in [0.15, 0.2) is 54.6 Å². The van der Waals surface area contributed by atoms with Crippen LogP contribution in [0.1, 0.15) is 11.1 Å². The molecule has 0 heterocycles. The van der Waals surface area contributed by atoms with Gasteiger partial charge in [-0.05, 0) is 17.7 Å². The highest BCUT2D eigenvalue weighted by Gasteiger charge is 2.00. The van der Waals surface area contributed by atoms with Crippen molar-refractivity contribution in [2.24, 2.45) is 0 Å². The molecule has 16 heavy (non-hydrogen) atoms. The highest BCUT2D eigenvalue weighted by atomic mass is 28.2. The van der Waals surface area contributed by atoms with E-state index >= 15 is 0 Å². The average molecular weight is 221 g/mol. The van der Waals surface area contributed by atoms with E-state index < -0.39 is 0 Å². The van der Waals surface area contributed by atoms with Crippen molar-refractivity contribution in [3.05, 3.63) is 65.7 Å². The fourth-order valence-electron chi connectivity index (χ4n) is 1.66. The molecule has 0 aromatic heterocycles. The van der Waals surface area contributed by atoms with Gasteiger partial charge in [-0.15, -0.1) is 6.42 Å². The third kappa shape index (κ3) is 2.62. The lowest BCUT2D eigenvalue weighted by Gasteiger charge is -2.03. The molecule has 77 valence electrons. The second kappa shape index (κ2) is 5.34. The first-order valence-corrected chi connectivity index (χ1v) is 6.72. The van der Waals surface area contributed by atoms with Crippen molar-refractivity contribution in [3.8, 4) is 12.3 Å². The molecule has 0 fully saturated rings. The summed E-state index contributed by atoms with van der Waals surface area (Å²) in [6.45, 7) is 0. The van der Waals surface area contributed by atoms with Gasteiger partial charge in [0.25, 0.3) is 0 Å². The smallest absolute Gasteiger partial charge is 0.0713 e. The van der Waals surface area contributed by atoms with Crippen LogP contribution in [0.5, 0.6) is 0 Å². The van der Waals surface area contributed by atoms with Gasteiger partial charge in [0.05, 0.1) is 9.52 Å². The summed E-state index contributed by atoms with van der Waals surface area (Å²) in [5.74, 6) is 2.75. The number of hydrogen-bond acceptors (Lipinski definition) is 0. The molecule has 0 bridgehead atoms. The van der Waals surface area contributed by atoms with E-state index in [0.717, 1.165) is 11.6 Å². The van der Waals surface area contributed by atoms with Crippen molar-refractivity contribution in [1.82, 2.24) is 0 Å². The zero-order valence-electron chi connectivity index (χ0n) is 9.06. The summed E-state index contributed by atoms with van der Waals surface area (Å²) < 4.78 is 0. The van der Waals surface area contributed by atoms with Gasteiger partial charge in [-0.1, -0.05) is 59.6 Å². The van der Waals surface area contributed by atoms with Crippen LogP contribution in [-0.4, -0.2) is 9.52 Å². The number of terminal acetylenes is 1. The largest absolute Gasteiger partial charge is 0.115 e. The maximum Gasteiger partial charge on any atom is 0.0713 e. The summed E-state index contributed by atoms with van der Waals surface area (Å²) >= 11 is 0. The Hall–Kier alpha value is -1.78. The normalized spacial score (nSPS) is 9.69. The summed E-state index contributed by atoms with van der Waals surface area (Å²) in [6, 6.07) is 19.9. The Kier molecular flexibility index (Phi) is 3.58. The van der Waals surface area contributed by atoms with Crippen LogP contribution in [0.3, 0.4) is 0 Å². The molecule has 2 aromatic rings. The minimum Gasteiger partial charge on any atom is -0.115 e. The molecular weight excluding hydrogens is 208 g/mol. The molecule has 0 amide bonds. The second-order valence-electron chi connectivity index (χ2n) is 3.62. The van der Waals surface area contributed by atoms with Gasteiger partial charge in [-0.25, -0.2) is 0 Å². The molecule has 0 aliphatic rings. The van der Waals surface area contributed by atoms with E-state index in [1.807, 2.05) is 12.1 Å². The van der Waals surface area contributed by atoms with Gasteiger partial charge in [0.1, 0.15) is 0 Å². The molecule has 0 saturated heterocycles. The molecule has 0 unspecified atom stereocenters. The highest BCUT2D eigenvalue weighted by Crippen LogP contribution is 2.07. The molecule has 0 aliphatic carbocycles. The monoisotopic (exact) mass is 221 g/mol. The summed E-state index contributed by atoms with van der Waals surface area (Å²) in [4.78, 5) is 0. The molecule has 1 heteroatoms. The van der Waals surface area contributed by atoms with Gasteiger partial charge in [-0.2, -0.15) is 0 Å². The average Bonchev–Trinajstić information content (AvgIpc) is 2.38. The minimum absolute atomic E-state index is 0.275. The topological polar surface area (TPSA) is 0 Å². The number of hydrogen-bond donors (Lipinski definition) is 0. The molecule has 0 N–H and O–H groups in total. The third-order valence-corrected chi connectivity index (χ3v) is 4.03. The molecule has 0 nitrogen and oxygen atoms in total. The Morgan fingerprint density at radius 1 is 0.938 bits per heavy atom. The summed E-state index contributed by atoms with van der Waals surface area (Å²) in [7, 11) is 0.275. The van der Waals surface area contributed by atoms with Gasteiger partial charge in [0, 0.05) is 5.56 Å². The van der Waals surface area contributed by atoms with Crippen molar-refractivity contribution in [2.75, 3.05) is 0 Å². The first kappa shape index (κ1) is 10.7. The SMILES string of the molecule is C#Cc1ccccc1C[SiH]c1ccccc1. The maximum atomic E-state index is 5.48. The van der Waals surface area contributed by atoms with Crippen LogP contribution < -0.4 is 5.19 Å². The molecular formula is C15H13Si. The molecule has 0 saturated carbocycles. The van der Waals surface area contributed by atoms with Gasteiger partial charge in [0.15, 0.2) is 0 Å².